The molecule has 0 amide bonds. The van der Waals surface area contributed by atoms with Crippen LogP contribution in [0.5, 0.6) is 5.75 Å². The van der Waals surface area contributed by atoms with Crippen molar-refractivity contribution in [1.29, 1.82) is 0 Å². The van der Waals surface area contributed by atoms with E-state index in [0.717, 1.165) is 10.5 Å². The molecule has 2 aromatic carbocycles. The van der Waals surface area contributed by atoms with Crippen molar-refractivity contribution in [3.8, 4) is 5.75 Å². The highest BCUT2D eigenvalue weighted by Gasteiger charge is 2.20. The summed E-state index contributed by atoms with van der Waals surface area (Å²) in [5.41, 5.74) is 7.42. The van der Waals surface area contributed by atoms with E-state index in [2.05, 4.69) is 6.58 Å². The van der Waals surface area contributed by atoms with Gasteiger partial charge in [0.2, 0.25) is 6.54 Å². The standard InChI is InChI=1S/C17H18N2O3S/c1-2-11-22-14-9-7-13(8-10-14)17(12-19(20)21)23-16-6-4-3-5-15(16)18/h2-10,17H,1,11-12,18H2/t17-/m1/s1. The van der Waals surface area contributed by atoms with Gasteiger partial charge in [-0.2, -0.15) is 0 Å². The molecule has 0 radical (unpaired) electrons. The van der Waals surface area contributed by atoms with Crippen molar-refractivity contribution in [1.82, 2.24) is 0 Å². The normalized spacial score (nSPS) is 11.7. The van der Waals surface area contributed by atoms with E-state index in [1.807, 2.05) is 30.3 Å². The van der Waals surface area contributed by atoms with Gasteiger partial charge in [-0.15, -0.1) is 11.8 Å². The van der Waals surface area contributed by atoms with Crippen molar-refractivity contribution in [3.05, 3.63) is 76.9 Å². The van der Waals surface area contributed by atoms with Crippen molar-refractivity contribution < 1.29 is 9.66 Å². The van der Waals surface area contributed by atoms with Crippen molar-refractivity contribution >= 4 is 17.4 Å². The molecular weight excluding hydrogens is 312 g/mol. The zero-order chi connectivity index (χ0) is 16.7. The lowest BCUT2D eigenvalue weighted by Gasteiger charge is -2.15. The highest BCUT2D eigenvalue weighted by atomic mass is 32.2. The van der Waals surface area contributed by atoms with Crippen LogP contribution in [-0.4, -0.2) is 18.1 Å². The Bertz CT molecular complexity index is 674. The number of nitrogens with two attached hydrogens (primary N) is 1. The van der Waals surface area contributed by atoms with Crippen LogP contribution in [0, 0.1) is 10.1 Å². The number of nitro groups is 1. The monoisotopic (exact) mass is 330 g/mol. The topological polar surface area (TPSA) is 78.4 Å². The average molecular weight is 330 g/mol. The van der Waals surface area contributed by atoms with Crippen LogP contribution in [-0.2, 0) is 0 Å². The first-order chi connectivity index (χ1) is 11.1. The van der Waals surface area contributed by atoms with Gasteiger partial charge in [0.15, 0.2) is 0 Å². The number of benzene rings is 2. The van der Waals surface area contributed by atoms with Gasteiger partial charge in [-0.25, -0.2) is 0 Å². The quantitative estimate of drug-likeness (QED) is 0.261. The molecule has 0 aliphatic heterocycles. The zero-order valence-electron chi connectivity index (χ0n) is 12.6. The molecule has 2 aromatic rings. The molecule has 1 atom stereocenters. The number of nitrogen functional groups attached to an aromatic ring is 1. The third-order valence-corrected chi connectivity index (χ3v) is 4.45. The molecule has 0 saturated carbocycles. The number of hydrogen-bond donors (Lipinski definition) is 1. The molecule has 6 heteroatoms. The smallest absolute Gasteiger partial charge is 0.220 e. The fraction of sp³-hybridized carbons (Fsp3) is 0.176. The number of rotatable bonds is 8. The van der Waals surface area contributed by atoms with Gasteiger partial charge in [0.05, 0.1) is 5.25 Å². The van der Waals surface area contributed by atoms with E-state index in [-0.39, 0.29) is 16.7 Å². The van der Waals surface area contributed by atoms with E-state index in [9.17, 15) is 10.1 Å². The van der Waals surface area contributed by atoms with E-state index < -0.39 is 0 Å². The lowest BCUT2D eigenvalue weighted by molar-refractivity contribution is -0.479. The molecule has 0 unspecified atom stereocenters. The Morgan fingerprint density at radius 3 is 2.57 bits per heavy atom. The maximum Gasteiger partial charge on any atom is 0.220 e. The Balaban J connectivity index is 2.19. The molecule has 0 fully saturated rings. The van der Waals surface area contributed by atoms with Gasteiger partial charge in [-0.05, 0) is 29.8 Å². The minimum absolute atomic E-state index is 0.175. The SMILES string of the molecule is C=CCOc1ccc([C@@H](C[N+](=O)[O-])Sc2ccccc2N)cc1. The third kappa shape index (κ3) is 5.03. The number of thioether (sulfide) groups is 1. The maximum absolute atomic E-state index is 11.0. The van der Waals surface area contributed by atoms with Crippen LogP contribution in [0.3, 0.4) is 0 Å². The highest BCUT2D eigenvalue weighted by Crippen LogP contribution is 2.38. The van der Waals surface area contributed by atoms with E-state index in [1.165, 1.54) is 11.8 Å². The first-order valence-electron chi connectivity index (χ1n) is 7.06. The van der Waals surface area contributed by atoms with Crippen LogP contribution in [0.15, 0.2) is 66.1 Å². The Hall–Kier alpha value is -2.47. The Morgan fingerprint density at radius 1 is 1.26 bits per heavy atom. The fourth-order valence-electron chi connectivity index (χ4n) is 2.02. The number of nitrogens with zero attached hydrogens (tertiary/aromatic N) is 1. The Morgan fingerprint density at radius 2 is 1.96 bits per heavy atom. The van der Waals surface area contributed by atoms with Gasteiger partial charge in [0, 0.05) is 15.5 Å². The van der Waals surface area contributed by atoms with Gasteiger partial charge in [-0.1, -0.05) is 36.9 Å². The Labute approximate surface area is 139 Å². The molecule has 2 N–H and O–H groups in total. The lowest BCUT2D eigenvalue weighted by atomic mass is 10.1. The molecule has 23 heavy (non-hydrogen) atoms. The second-order valence-corrected chi connectivity index (χ2v) is 6.07. The van der Waals surface area contributed by atoms with Crippen LogP contribution in [0.1, 0.15) is 10.8 Å². The molecule has 0 aliphatic rings. The number of ether oxygens (including phenoxy) is 1. The van der Waals surface area contributed by atoms with Crippen molar-refractivity contribution in [2.24, 2.45) is 0 Å². The van der Waals surface area contributed by atoms with Gasteiger partial charge < -0.3 is 10.5 Å². The summed E-state index contributed by atoms with van der Waals surface area (Å²) >= 11 is 1.40. The third-order valence-electron chi connectivity index (χ3n) is 3.12. The summed E-state index contributed by atoms with van der Waals surface area (Å²) in [7, 11) is 0. The second kappa shape index (κ2) is 8.24. The molecule has 5 nitrogen and oxygen atoms in total. The Kier molecular flexibility index (Phi) is 6.05. The predicted octanol–water partition coefficient (Wildman–Crippen LogP) is 3.94. The predicted molar refractivity (Wildman–Crippen MR) is 93.4 cm³/mol. The summed E-state index contributed by atoms with van der Waals surface area (Å²) in [6.45, 7) is 3.84. The van der Waals surface area contributed by atoms with Gasteiger partial charge >= 0.3 is 0 Å². The van der Waals surface area contributed by atoms with Crippen molar-refractivity contribution in [2.45, 2.75) is 10.1 Å². The van der Waals surface area contributed by atoms with Crippen LogP contribution >= 0.6 is 11.8 Å². The maximum atomic E-state index is 11.0. The highest BCUT2D eigenvalue weighted by molar-refractivity contribution is 7.99. The largest absolute Gasteiger partial charge is 0.490 e. The first-order valence-corrected chi connectivity index (χ1v) is 7.94. The summed E-state index contributed by atoms with van der Waals surface area (Å²) in [4.78, 5) is 11.5. The van der Waals surface area contributed by atoms with Gasteiger partial charge in [0.1, 0.15) is 12.4 Å². The molecule has 0 heterocycles. The van der Waals surface area contributed by atoms with Crippen molar-refractivity contribution in [2.75, 3.05) is 18.9 Å². The molecule has 0 spiro atoms. The summed E-state index contributed by atoms with van der Waals surface area (Å²) in [5.74, 6) is 0.706. The van der Waals surface area contributed by atoms with E-state index >= 15 is 0 Å². The molecule has 120 valence electrons. The minimum atomic E-state index is -0.317. The molecular formula is C17H18N2O3S. The molecule has 2 rings (SSSR count). The summed E-state index contributed by atoms with van der Waals surface area (Å²) in [5, 5.41) is 10.7. The van der Waals surface area contributed by atoms with Crippen LogP contribution < -0.4 is 10.5 Å². The van der Waals surface area contributed by atoms with Crippen LogP contribution in [0.2, 0.25) is 0 Å². The minimum Gasteiger partial charge on any atom is -0.490 e. The number of anilines is 1. The summed E-state index contributed by atoms with van der Waals surface area (Å²) < 4.78 is 5.43. The molecule has 0 saturated heterocycles. The second-order valence-electron chi connectivity index (χ2n) is 4.83. The van der Waals surface area contributed by atoms with Crippen LogP contribution in [0.25, 0.3) is 0 Å². The summed E-state index contributed by atoms with van der Waals surface area (Å²) in [6, 6.07) is 14.7. The molecule has 0 bridgehead atoms. The first kappa shape index (κ1) is 16.9. The molecule has 0 aliphatic carbocycles. The van der Waals surface area contributed by atoms with Crippen LogP contribution in [0.4, 0.5) is 5.69 Å². The number of para-hydroxylation sites is 1. The van der Waals surface area contributed by atoms with Crippen molar-refractivity contribution in [3.63, 3.8) is 0 Å². The van der Waals surface area contributed by atoms with Gasteiger partial charge in [0.25, 0.3) is 0 Å². The lowest BCUT2D eigenvalue weighted by Crippen LogP contribution is -2.10. The molecule has 0 aromatic heterocycles. The van der Waals surface area contributed by atoms with E-state index in [1.54, 1.807) is 24.3 Å². The average Bonchev–Trinajstić information content (AvgIpc) is 2.54. The van der Waals surface area contributed by atoms with E-state index in [4.69, 9.17) is 10.5 Å². The van der Waals surface area contributed by atoms with E-state index in [0.29, 0.717) is 18.0 Å². The zero-order valence-corrected chi connectivity index (χ0v) is 13.4. The van der Waals surface area contributed by atoms with Gasteiger partial charge in [-0.3, -0.25) is 10.1 Å². The summed E-state index contributed by atoms with van der Waals surface area (Å²) in [6.07, 6.45) is 1.66. The number of hydrogen-bond acceptors (Lipinski definition) is 5. The fourth-order valence-corrected chi connectivity index (χ4v) is 3.18.